The van der Waals surface area contributed by atoms with E-state index in [2.05, 4.69) is 35.6 Å². The maximum atomic E-state index is 11.9. The molecule has 0 heterocycles. The zero-order valence-corrected chi connectivity index (χ0v) is 15.4. The van der Waals surface area contributed by atoms with Gasteiger partial charge in [0.25, 0.3) is 6.08 Å². The Bertz CT molecular complexity index is 950. The molecular formula is C22H19F2NOS. The summed E-state index contributed by atoms with van der Waals surface area (Å²) in [4.78, 5) is 14.1. The molecule has 0 aliphatic heterocycles. The monoisotopic (exact) mass is 383 g/mol. The van der Waals surface area contributed by atoms with Gasteiger partial charge in [0.05, 0.1) is 0 Å². The first kappa shape index (κ1) is 19.1. The molecular weight excluding hydrogens is 364 g/mol. The van der Waals surface area contributed by atoms with Crippen LogP contribution in [-0.4, -0.2) is 5.91 Å². The van der Waals surface area contributed by atoms with Gasteiger partial charge in [-0.1, -0.05) is 42.1 Å². The van der Waals surface area contributed by atoms with Crippen molar-refractivity contribution in [3.63, 3.8) is 0 Å². The number of hydrogen-bond acceptors (Lipinski definition) is 2. The van der Waals surface area contributed by atoms with E-state index in [4.69, 9.17) is 0 Å². The predicted molar refractivity (Wildman–Crippen MR) is 107 cm³/mol. The van der Waals surface area contributed by atoms with Gasteiger partial charge in [-0.3, -0.25) is 4.79 Å². The normalized spacial score (nSPS) is 10.6. The van der Waals surface area contributed by atoms with E-state index >= 15 is 0 Å². The molecule has 0 saturated heterocycles. The maximum absolute atomic E-state index is 11.9. The molecule has 5 heteroatoms. The number of nitrogens with one attached hydrogen (secondary N) is 1. The van der Waals surface area contributed by atoms with Crippen LogP contribution in [0.2, 0.25) is 0 Å². The SMILES string of the molecule is O=C(CCCC=C(F)F)Nc1ccc(Sc2ccc3ccccc3c2)cc1. The van der Waals surface area contributed by atoms with Crippen molar-refractivity contribution in [3.05, 3.63) is 78.9 Å². The third kappa shape index (κ3) is 5.93. The third-order valence-corrected chi connectivity index (χ3v) is 5.00. The molecule has 3 aromatic rings. The van der Waals surface area contributed by atoms with E-state index in [0.29, 0.717) is 12.1 Å². The summed E-state index contributed by atoms with van der Waals surface area (Å²) in [5, 5.41) is 5.20. The molecule has 138 valence electrons. The topological polar surface area (TPSA) is 29.1 Å². The van der Waals surface area contributed by atoms with E-state index in [1.54, 1.807) is 11.8 Å². The molecule has 0 aliphatic rings. The summed E-state index contributed by atoms with van der Waals surface area (Å²) >= 11 is 1.66. The van der Waals surface area contributed by atoms with Crippen molar-refractivity contribution in [1.82, 2.24) is 0 Å². The lowest BCUT2D eigenvalue weighted by Crippen LogP contribution is -2.10. The van der Waals surface area contributed by atoms with Crippen LogP contribution in [0.15, 0.2) is 88.7 Å². The first-order valence-corrected chi connectivity index (χ1v) is 9.49. The predicted octanol–water partition coefficient (Wildman–Crippen LogP) is 6.88. The summed E-state index contributed by atoms with van der Waals surface area (Å²) in [7, 11) is 0. The number of carbonyl (C=O) groups excluding carboxylic acids is 1. The highest BCUT2D eigenvalue weighted by atomic mass is 32.2. The van der Waals surface area contributed by atoms with E-state index in [-0.39, 0.29) is 18.7 Å². The number of rotatable bonds is 7. The highest BCUT2D eigenvalue weighted by molar-refractivity contribution is 7.99. The van der Waals surface area contributed by atoms with Gasteiger partial charge < -0.3 is 5.32 Å². The van der Waals surface area contributed by atoms with Crippen molar-refractivity contribution in [3.8, 4) is 0 Å². The van der Waals surface area contributed by atoms with Gasteiger partial charge in [0, 0.05) is 21.9 Å². The highest BCUT2D eigenvalue weighted by Gasteiger charge is 2.04. The Morgan fingerprint density at radius 3 is 2.37 bits per heavy atom. The first-order valence-electron chi connectivity index (χ1n) is 8.68. The lowest BCUT2D eigenvalue weighted by molar-refractivity contribution is -0.116. The standard InChI is InChI=1S/C22H19F2NOS/c23-21(24)7-3-4-8-22(26)25-18-10-13-19(14-11-18)27-20-12-9-16-5-1-2-6-17(16)15-20/h1-2,5-7,9-15H,3-4,8H2,(H,25,26). The largest absolute Gasteiger partial charge is 0.326 e. The van der Waals surface area contributed by atoms with Gasteiger partial charge in [-0.25, -0.2) is 0 Å². The smallest absolute Gasteiger partial charge is 0.266 e. The fourth-order valence-electron chi connectivity index (χ4n) is 2.67. The average Bonchev–Trinajstić information content (AvgIpc) is 2.66. The van der Waals surface area contributed by atoms with Crippen LogP contribution >= 0.6 is 11.8 Å². The number of carbonyl (C=O) groups is 1. The molecule has 27 heavy (non-hydrogen) atoms. The summed E-state index contributed by atoms with van der Waals surface area (Å²) in [6.07, 6.45) is -0.0329. The Morgan fingerprint density at radius 2 is 1.63 bits per heavy atom. The Hall–Kier alpha value is -2.66. The van der Waals surface area contributed by atoms with Gasteiger partial charge in [-0.05, 0) is 66.1 Å². The van der Waals surface area contributed by atoms with Gasteiger partial charge in [0.2, 0.25) is 5.91 Å². The van der Waals surface area contributed by atoms with E-state index in [9.17, 15) is 13.6 Å². The summed E-state index contributed by atoms with van der Waals surface area (Å²) in [6.45, 7) is 0. The minimum atomic E-state index is -1.70. The van der Waals surface area contributed by atoms with Crippen LogP contribution in [0.5, 0.6) is 0 Å². The number of benzene rings is 3. The Kier molecular flexibility index (Phi) is 6.60. The van der Waals surface area contributed by atoms with Gasteiger partial charge in [-0.2, -0.15) is 8.78 Å². The zero-order valence-electron chi connectivity index (χ0n) is 14.6. The van der Waals surface area contributed by atoms with Gasteiger partial charge in [-0.15, -0.1) is 0 Å². The second-order valence-electron chi connectivity index (χ2n) is 6.07. The highest BCUT2D eigenvalue weighted by Crippen LogP contribution is 2.30. The van der Waals surface area contributed by atoms with Crippen LogP contribution in [0.25, 0.3) is 10.8 Å². The summed E-state index contributed by atoms with van der Waals surface area (Å²) in [6, 6.07) is 22.2. The molecule has 0 bridgehead atoms. The van der Waals surface area contributed by atoms with Gasteiger partial charge in [0.15, 0.2) is 0 Å². The molecule has 0 unspecified atom stereocenters. The van der Waals surface area contributed by atoms with Crippen molar-refractivity contribution in [2.75, 3.05) is 5.32 Å². The Morgan fingerprint density at radius 1 is 0.926 bits per heavy atom. The van der Waals surface area contributed by atoms with Crippen LogP contribution in [-0.2, 0) is 4.79 Å². The number of unbranched alkanes of at least 4 members (excludes halogenated alkanes) is 1. The van der Waals surface area contributed by atoms with E-state index in [1.807, 2.05) is 36.4 Å². The molecule has 0 fully saturated rings. The lowest BCUT2D eigenvalue weighted by atomic mass is 10.1. The number of fused-ring (bicyclic) bond motifs is 1. The van der Waals surface area contributed by atoms with Crippen molar-refractivity contribution >= 4 is 34.1 Å². The third-order valence-electron chi connectivity index (χ3n) is 4.00. The second-order valence-corrected chi connectivity index (χ2v) is 7.22. The van der Waals surface area contributed by atoms with Crippen LogP contribution in [0.3, 0.4) is 0 Å². The fourth-order valence-corrected chi connectivity index (χ4v) is 3.54. The minimum absolute atomic E-state index is 0.169. The van der Waals surface area contributed by atoms with Crippen LogP contribution in [0, 0.1) is 0 Å². The molecule has 2 nitrogen and oxygen atoms in total. The zero-order chi connectivity index (χ0) is 19.1. The van der Waals surface area contributed by atoms with E-state index in [0.717, 1.165) is 15.9 Å². The number of allylic oxidation sites excluding steroid dienone is 1. The van der Waals surface area contributed by atoms with E-state index < -0.39 is 6.08 Å². The number of hydrogen-bond donors (Lipinski definition) is 1. The van der Waals surface area contributed by atoms with Crippen LogP contribution in [0.1, 0.15) is 19.3 Å². The quantitative estimate of drug-likeness (QED) is 0.451. The minimum Gasteiger partial charge on any atom is -0.326 e. The second kappa shape index (κ2) is 9.33. The molecule has 1 amide bonds. The van der Waals surface area contributed by atoms with E-state index in [1.165, 1.54) is 10.8 Å². The van der Waals surface area contributed by atoms with Crippen molar-refractivity contribution in [2.45, 2.75) is 29.1 Å². The molecule has 0 atom stereocenters. The van der Waals surface area contributed by atoms with Gasteiger partial charge in [0.1, 0.15) is 0 Å². The van der Waals surface area contributed by atoms with Crippen molar-refractivity contribution < 1.29 is 13.6 Å². The fraction of sp³-hybridized carbons (Fsp3) is 0.136. The summed E-state index contributed by atoms with van der Waals surface area (Å²) in [5.74, 6) is -0.169. The first-order chi connectivity index (χ1) is 13.1. The van der Waals surface area contributed by atoms with Crippen molar-refractivity contribution in [1.29, 1.82) is 0 Å². The molecule has 0 spiro atoms. The molecule has 0 aliphatic carbocycles. The molecule has 0 radical (unpaired) electrons. The summed E-state index contributed by atoms with van der Waals surface area (Å²) < 4.78 is 23.9. The number of halogens is 2. The average molecular weight is 383 g/mol. The van der Waals surface area contributed by atoms with Gasteiger partial charge >= 0.3 is 0 Å². The molecule has 3 aromatic carbocycles. The number of amides is 1. The Balaban J connectivity index is 1.55. The summed E-state index contributed by atoms with van der Waals surface area (Å²) in [5.41, 5.74) is 0.704. The Labute approximate surface area is 161 Å². The van der Waals surface area contributed by atoms with Crippen LogP contribution < -0.4 is 5.32 Å². The maximum Gasteiger partial charge on any atom is 0.266 e. The van der Waals surface area contributed by atoms with Crippen molar-refractivity contribution in [2.24, 2.45) is 0 Å². The molecule has 0 aromatic heterocycles. The number of anilines is 1. The lowest BCUT2D eigenvalue weighted by Gasteiger charge is -2.07. The van der Waals surface area contributed by atoms with Crippen LogP contribution in [0.4, 0.5) is 14.5 Å². The molecule has 0 saturated carbocycles. The molecule has 1 N–H and O–H groups in total. The molecule has 3 rings (SSSR count).